The second kappa shape index (κ2) is 9.02. The highest BCUT2D eigenvalue weighted by Gasteiger charge is 2.13. The molecule has 0 aliphatic carbocycles. The summed E-state index contributed by atoms with van der Waals surface area (Å²) in [4.78, 5) is 2.41. The molecule has 1 aliphatic rings. The molecule has 0 aromatic heterocycles. The number of benzene rings is 1. The Hall–Kier alpha value is -0.980. The van der Waals surface area contributed by atoms with Crippen LogP contribution in [0.15, 0.2) is 12.1 Å². The van der Waals surface area contributed by atoms with Crippen molar-refractivity contribution in [3.63, 3.8) is 0 Å². The van der Waals surface area contributed by atoms with Gasteiger partial charge in [0.05, 0.1) is 0 Å². The molecular weight excluding hydrogens is 218 g/mol. The van der Waals surface area contributed by atoms with E-state index >= 15 is 0 Å². The molecule has 0 saturated carbocycles. The average molecular weight is 249 g/mol. The third-order valence-electron chi connectivity index (χ3n) is 3.18. The molecule has 0 spiro atoms. The van der Waals surface area contributed by atoms with Gasteiger partial charge in [-0.25, -0.2) is 0 Å². The van der Waals surface area contributed by atoms with Gasteiger partial charge in [-0.05, 0) is 55.9 Å². The van der Waals surface area contributed by atoms with Gasteiger partial charge in [-0.1, -0.05) is 33.8 Å². The van der Waals surface area contributed by atoms with Gasteiger partial charge < -0.3 is 4.90 Å². The molecular formula is C17H31N. The van der Waals surface area contributed by atoms with Crippen LogP contribution in [-0.2, 0) is 6.42 Å². The first-order chi connectivity index (χ1) is 8.68. The van der Waals surface area contributed by atoms with E-state index in [1.807, 2.05) is 27.7 Å². The number of rotatable bonds is 0. The van der Waals surface area contributed by atoms with Gasteiger partial charge in [-0.15, -0.1) is 0 Å². The zero-order valence-electron chi connectivity index (χ0n) is 13.4. The smallest absolute Gasteiger partial charge is 0.0401 e. The molecule has 0 amide bonds. The number of aryl methyl sites for hydroxylation is 2. The van der Waals surface area contributed by atoms with E-state index < -0.39 is 0 Å². The van der Waals surface area contributed by atoms with Crippen molar-refractivity contribution < 1.29 is 0 Å². The molecule has 1 heterocycles. The third kappa shape index (κ3) is 4.36. The van der Waals surface area contributed by atoms with Crippen molar-refractivity contribution in [1.82, 2.24) is 0 Å². The minimum absolute atomic E-state index is 1.20. The zero-order chi connectivity index (χ0) is 14.1. The predicted molar refractivity (Wildman–Crippen MR) is 84.8 cm³/mol. The molecule has 1 aromatic rings. The Labute approximate surface area is 114 Å². The Morgan fingerprint density at radius 3 is 2.17 bits per heavy atom. The molecule has 1 aliphatic heterocycles. The lowest BCUT2D eigenvalue weighted by molar-refractivity contribution is 0.749. The van der Waals surface area contributed by atoms with Gasteiger partial charge >= 0.3 is 0 Å². The van der Waals surface area contributed by atoms with E-state index in [2.05, 4.69) is 37.9 Å². The summed E-state index contributed by atoms with van der Waals surface area (Å²) in [6, 6.07) is 4.63. The summed E-state index contributed by atoms with van der Waals surface area (Å²) in [5.41, 5.74) is 5.87. The lowest BCUT2D eigenvalue weighted by Gasteiger charge is -2.21. The topological polar surface area (TPSA) is 3.24 Å². The quantitative estimate of drug-likeness (QED) is 0.616. The van der Waals surface area contributed by atoms with Crippen molar-refractivity contribution in [3.05, 3.63) is 28.8 Å². The van der Waals surface area contributed by atoms with Crippen LogP contribution in [0.2, 0.25) is 0 Å². The molecule has 1 nitrogen and oxygen atoms in total. The number of anilines is 1. The second-order valence-electron chi connectivity index (χ2n) is 4.46. The summed E-state index contributed by atoms with van der Waals surface area (Å²) < 4.78 is 0. The van der Waals surface area contributed by atoms with E-state index in [-0.39, 0.29) is 0 Å². The highest BCUT2D eigenvalue weighted by Crippen LogP contribution is 2.29. The first-order valence-electron chi connectivity index (χ1n) is 7.50. The van der Waals surface area contributed by atoms with Crippen LogP contribution < -0.4 is 4.90 Å². The van der Waals surface area contributed by atoms with Crippen LogP contribution in [0.3, 0.4) is 0 Å². The van der Waals surface area contributed by atoms with Crippen molar-refractivity contribution in [2.24, 2.45) is 0 Å². The standard InChI is InChI=1S/C13H19N.2C2H6/c1-10-8-11(2)12-6-4-5-7-14(3)13(12)9-10;2*1-2/h8-9H,4-7H2,1-3H3;2*1-2H3. The van der Waals surface area contributed by atoms with E-state index in [0.717, 1.165) is 0 Å². The molecule has 0 atom stereocenters. The summed E-state index contributed by atoms with van der Waals surface area (Å²) >= 11 is 0. The number of nitrogens with zero attached hydrogens (tertiary/aromatic N) is 1. The van der Waals surface area contributed by atoms with Gasteiger partial charge in [0.15, 0.2) is 0 Å². The van der Waals surface area contributed by atoms with Crippen LogP contribution in [0.1, 0.15) is 57.2 Å². The molecule has 0 bridgehead atoms. The van der Waals surface area contributed by atoms with Gasteiger partial charge in [0.25, 0.3) is 0 Å². The van der Waals surface area contributed by atoms with Gasteiger partial charge in [0.2, 0.25) is 0 Å². The van der Waals surface area contributed by atoms with Gasteiger partial charge in [0, 0.05) is 19.3 Å². The largest absolute Gasteiger partial charge is 0.374 e. The summed E-state index contributed by atoms with van der Waals surface area (Å²) in [6.07, 6.45) is 3.91. The summed E-state index contributed by atoms with van der Waals surface area (Å²) in [5.74, 6) is 0. The molecule has 0 unspecified atom stereocenters. The van der Waals surface area contributed by atoms with Crippen LogP contribution in [0.4, 0.5) is 5.69 Å². The minimum Gasteiger partial charge on any atom is -0.374 e. The molecule has 0 N–H and O–H groups in total. The zero-order valence-corrected chi connectivity index (χ0v) is 13.4. The fourth-order valence-corrected chi connectivity index (χ4v) is 2.41. The normalized spacial score (nSPS) is 13.4. The number of hydrogen-bond donors (Lipinski definition) is 0. The summed E-state index contributed by atoms with van der Waals surface area (Å²) in [5, 5.41) is 0. The predicted octanol–water partition coefficient (Wildman–Crippen LogP) is 5.13. The van der Waals surface area contributed by atoms with E-state index in [4.69, 9.17) is 0 Å². The van der Waals surface area contributed by atoms with Crippen LogP contribution in [0.25, 0.3) is 0 Å². The lowest BCUT2D eigenvalue weighted by Crippen LogP contribution is -2.18. The Morgan fingerprint density at radius 1 is 0.944 bits per heavy atom. The first-order valence-corrected chi connectivity index (χ1v) is 7.50. The third-order valence-corrected chi connectivity index (χ3v) is 3.18. The van der Waals surface area contributed by atoms with Gasteiger partial charge in [-0.3, -0.25) is 0 Å². The maximum Gasteiger partial charge on any atom is 0.0401 e. The number of hydrogen-bond acceptors (Lipinski definition) is 1. The fraction of sp³-hybridized carbons (Fsp3) is 0.647. The fourth-order valence-electron chi connectivity index (χ4n) is 2.41. The van der Waals surface area contributed by atoms with E-state index in [1.165, 1.54) is 42.6 Å². The highest BCUT2D eigenvalue weighted by atomic mass is 15.1. The first kappa shape index (κ1) is 17.0. The van der Waals surface area contributed by atoms with Crippen molar-refractivity contribution in [2.75, 3.05) is 18.5 Å². The molecule has 1 aromatic carbocycles. The molecule has 18 heavy (non-hydrogen) atoms. The van der Waals surface area contributed by atoms with Crippen molar-refractivity contribution in [1.29, 1.82) is 0 Å². The molecule has 104 valence electrons. The van der Waals surface area contributed by atoms with E-state index in [9.17, 15) is 0 Å². The van der Waals surface area contributed by atoms with Gasteiger partial charge in [0.1, 0.15) is 0 Å². The Morgan fingerprint density at radius 2 is 1.56 bits per heavy atom. The lowest BCUT2D eigenvalue weighted by atomic mass is 9.99. The summed E-state index contributed by atoms with van der Waals surface area (Å²) in [6.45, 7) is 13.6. The highest BCUT2D eigenvalue weighted by molar-refractivity contribution is 5.58. The maximum atomic E-state index is 2.41. The summed E-state index contributed by atoms with van der Waals surface area (Å²) in [7, 11) is 2.21. The molecule has 1 heteroatoms. The monoisotopic (exact) mass is 249 g/mol. The molecule has 0 fully saturated rings. The SMILES string of the molecule is CC.CC.Cc1cc(C)c2c(c1)N(C)CCCC2. The number of fused-ring (bicyclic) bond motifs is 1. The molecule has 0 saturated heterocycles. The van der Waals surface area contributed by atoms with Crippen molar-refractivity contribution in [3.8, 4) is 0 Å². The Kier molecular flexibility index (Phi) is 8.53. The van der Waals surface area contributed by atoms with Crippen LogP contribution in [0.5, 0.6) is 0 Å². The van der Waals surface area contributed by atoms with Crippen molar-refractivity contribution in [2.45, 2.75) is 60.8 Å². The van der Waals surface area contributed by atoms with Crippen LogP contribution >= 0.6 is 0 Å². The average Bonchev–Trinajstić information content (AvgIpc) is 2.57. The minimum atomic E-state index is 1.20. The van der Waals surface area contributed by atoms with Gasteiger partial charge in [-0.2, -0.15) is 0 Å². The Bertz CT molecular complexity index is 342. The van der Waals surface area contributed by atoms with Crippen LogP contribution in [-0.4, -0.2) is 13.6 Å². The Balaban J connectivity index is 0.000000659. The van der Waals surface area contributed by atoms with E-state index in [1.54, 1.807) is 5.56 Å². The van der Waals surface area contributed by atoms with Crippen molar-refractivity contribution >= 4 is 5.69 Å². The second-order valence-corrected chi connectivity index (χ2v) is 4.46. The van der Waals surface area contributed by atoms with Crippen LogP contribution in [0, 0.1) is 13.8 Å². The molecule has 2 rings (SSSR count). The van der Waals surface area contributed by atoms with E-state index in [0.29, 0.717) is 0 Å². The molecule has 0 radical (unpaired) electrons. The maximum absolute atomic E-state index is 2.41.